The molecule has 0 saturated carbocycles. The molecule has 0 bridgehead atoms. The lowest BCUT2D eigenvalue weighted by molar-refractivity contribution is -0.122. The number of amides is 3. The highest BCUT2D eigenvalue weighted by molar-refractivity contribution is 8.18. The van der Waals surface area contributed by atoms with Crippen molar-refractivity contribution in [3.8, 4) is 0 Å². The summed E-state index contributed by atoms with van der Waals surface area (Å²) in [6.07, 6.45) is 1.46. The smallest absolute Gasteiger partial charge is 0.293 e. The normalized spacial score (nSPS) is 15.3. The highest BCUT2D eigenvalue weighted by atomic mass is 35.5. The lowest BCUT2D eigenvalue weighted by Crippen LogP contribution is -2.37. The van der Waals surface area contributed by atoms with Crippen LogP contribution in [0.2, 0.25) is 10.0 Å². The summed E-state index contributed by atoms with van der Waals surface area (Å²) in [6, 6.07) is 7.40. The van der Waals surface area contributed by atoms with Gasteiger partial charge in [-0.3, -0.25) is 19.3 Å². The lowest BCUT2D eigenvalue weighted by Gasteiger charge is -2.13. The molecule has 0 spiro atoms. The van der Waals surface area contributed by atoms with Crippen molar-refractivity contribution in [3.63, 3.8) is 0 Å². The van der Waals surface area contributed by atoms with E-state index in [-0.39, 0.29) is 23.0 Å². The predicted molar refractivity (Wildman–Crippen MR) is 108 cm³/mol. The van der Waals surface area contributed by atoms with Crippen LogP contribution < -0.4 is 5.32 Å². The number of nitrogens with zero attached hydrogens (tertiary/aromatic N) is 1. The van der Waals surface area contributed by atoms with Gasteiger partial charge in [0.25, 0.3) is 17.1 Å². The van der Waals surface area contributed by atoms with E-state index < -0.39 is 34.3 Å². The van der Waals surface area contributed by atoms with Crippen LogP contribution in [-0.4, -0.2) is 35.0 Å². The van der Waals surface area contributed by atoms with Crippen LogP contribution in [0, 0.1) is 11.6 Å². The van der Waals surface area contributed by atoms with Crippen LogP contribution in [0.1, 0.15) is 15.9 Å². The molecule has 1 saturated heterocycles. The summed E-state index contributed by atoms with van der Waals surface area (Å²) in [4.78, 5) is 37.7. The van der Waals surface area contributed by atoms with E-state index in [1.807, 2.05) is 0 Å². The Balaban J connectivity index is 1.65. The van der Waals surface area contributed by atoms with Gasteiger partial charge in [0, 0.05) is 13.1 Å². The number of benzene rings is 2. The first-order chi connectivity index (χ1) is 13.8. The van der Waals surface area contributed by atoms with Gasteiger partial charge in [-0.15, -0.1) is 0 Å². The first-order valence-corrected chi connectivity index (χ1v) is 9.78. The third-order valence-corrected chi connectivity index (χ3v) is 5.68. The molecule has 0 unspecified atom stereocenters. The molecular formula is C19H12Cl2F2N2O3S. The van der Waals surface area contributed by atoms with Gasteiger partial charge >= 0.3 is 0 Å². The number of carbonyl (C=O) groups is 3. The van der Waals surface area contributed by atoms with Crippen LogP contribution >= 0.6 is 35.0 Å². The molecule has 2 aromatic carbocycles. The average Bonchev–Trinajstić information content (AvgIpc) is 2.94. The first-order valence-electron chi connectivity index (χ1n) is 8.20. The SMILES string of the molecule is O=C(NCCN1C(=O)SC(=Cc2cccc(Cl)c2Cl)C1=O)c1cc(F)ccc1F. The molecule has 0 radical (unpaired) electrons. The zero-order valence-electron chi connectivity index (χ0n) is 14.5. The van der Waals surface area contributed by atoms with Gasteiger partial charge in [-0.1, -0.05) is 35.3 Å². The molecule has 0 atom stereocenters. The Bertz CT molecular complexity index is 1050. The molecule has 3 rings (SSSR count). The van der Waals surface area contributed by atoms with Crippen molar-refractivity contribution >= 4 is 58.1 Å². The molecule has 10 heteroatoms. The Morgan fingerprint density at radius 3 is 2.69 bits per heavy atom. The van der Waals surface area contributed by atoms with E-state index in [0.717, 1.165) is 34.9 Å². The summed E-state index contributed by atoms with van der Waals surface area (Å²) in [5, 5.41) is 2.40. The van der Waals surface area contributed by atoms with E-state index in [1.54, 1.807) is 18.2 Å². The van der Waals surface area contributed by atoms with Gasteiger partial charge in [-0.2, -0.15) is 0 Å². The molecule has 2 aromatic rings. The first kappa shape index (κ1) is 21.3. The summed E-state index contributed by atoms with van der Waals surface area (Å²) in [5.41, 5.74) is 0.0224. The summed E-state index contributed by atoms with van der Waals surface area (Å²) in [6.45, 7) is -0.258. The minimum absolute atomic E-state index is 0.127. The molecular weight excluding hydrogens is 445 g/mol. The number of hydrogen-bond donors (Lipinski definition) is 1. The van der Waals surface area contributed by atoms with E-state index in [0.29, 0.717) is 10.6 Å². The van der Waals surface area contributed by atoms with E-state index in [2.05, 4.69) is 5.32 Å². The highest BCUT2D eigenvalue weighted by Crippen LogP contribution is 2.34. The third-order valence-electron chi connectivity index (χ3n) is 3.94. The van der Waals surface area contributed by atoms with Crippen molar-refractivity contribution in [3.05, 3.63) is 74.1 Å². The molecule has 0 aromatic heterocycles. The summed E-state index contributed by atoms with van der Waals surface area (Å²) >= 11 is 12.8. The molecule has 5 nitrogen and oxygen atoms in total. The second-order valence-electron chi connectivity index (χ2n) is 5.86. The molecule has 1 fully saturated rings. The van der Waals surface area contributed by atoms with E-state index in [9.17, 15) is 23.2 Å². The molecule has 3 amide bonds. The Morgan fingerprint density at radius 2 is 1.93 bits per heavy atom. The number of carbonyl (C=O) groups excluding carboxylic acids is 3. The minimum Gasteiger partial charge on any atom is -0.350 e. The minimum atomic E-state index is -0.878. The van der Waals surface area contributed by atoms with Gasteiger partial charge in [-0.05, 0) is 47.7 Å². The molecule has 150 valence electrons. The fourth-order valence-electron chi connectivity index (χ4n) is 2.51. The van der Waals surface area contributed by atoms with Crippen LogP contribution in [0.4, 0.5) is 13.6 Å². The van der Waals surface area contributed by atoms with Crippen molar-refractivity contribution in [2.24, 2.45) is 0 Å². The Hall–Kier alpha value is -2.42. The number of rotatable bonds is 5. The van der Waals surface area contributed by atoms with Crippen molar-refractivity contribution in [2.75, 3.05) is 13.1 Å². The van der Waals surface area contributed by atoms with Gasteiger partial charge in [0.05, 0.1) is 20.5 Å². The monoisotopic (exact) mass is 456 g/mol. The Kier molecular flexibility index (Phi) is 6.56. The number of imide groups is 1. The van der Waals surface area contributed by atoms with Crippen LogP contribution in [0.5, 0.6) is 0 Å². The van der Waals surface area contributed by atoms with Crippen LogP contribution in [0.15, 0.2) is 41.3 Å². The summed E-state index contributed by atoms with van der Waals surface area (Å²) < 4.78 is 26.8. The maximum atomic E-state index is 13.6. The molecule has 1 N–H and O–H groups in total. The Labute approximate surface area is 178 Å². The third kappa shape index (κ3) is 4.77. The number of hydrogen-bond acceptors (Lipinski definition) is 4. The van der Waals surface area contributed by atoms with Gasteiger partial charge in [0.2, 0.25) is 0 Å². The van der Waals surface area contributed by atoms with Gasteiger partial charge < -0.3 is 5.32 Å². The topological polar surface area (TPSA) is 66.5 Å². The average molecular weight is 457 g/mol. The highest BCUT2D eigenvalue weighted by Gasteiger charge is 2.34. The molecule has 29 heavy (non-hydrogen) atoms. The maximum Gasteiger partial charge on any atom is 0.293 e. The number of thioether (sulfide) groups is 1. The quantitative estimate of drug-likeness (QED) is 0.659. The van der Waals surface area contributed by atoms with Crippen molar-refractivity contribution in [1.29, 1.82) is 0 Å². The fourth-order valence-corrected chi connectivity index (χ4v) is 3.73. The van der Waals surface area contributed by atoms with Crippen molar-refractivity contribution in [2.45, 2.75) is 0 Å². The lowest BCUT2D eigenvalue weighted by atomic mass is 10.2. The molecule has 0 aliphatic carbocycles. The molecule has 1 aliphatic rings. The maximum absolute atomic E-state index is 13.6. The fraction of sp³-hybridized carbons (Fsp3) is 0.105. The van der Waals surface area contributed by atoms with E-state index in [4.69, 9.17) is 23.2 Å². The summed E-state index contributed by atoms with van der Waals surface area (Å²) in [7, 11) is 0. The van der Waals surface area contributed by atoms with Crippen molar-refractivity contribution < 1.29 is 23.2 Å². The number of nitrogens with one attached hydrogen (secondary N) is 1. The zero-order valence-corrected chi connectivity index (χ0v) is 16.9. The summed E-state index contributed by atoms with van der Waals surface area (Å²) in [5.74, 6) is -3.04. The standard InChI is InChI=1S/C19H12Cl2F2N2O3S/c20-13-3-1-2-10(16(13)21)8-15-18(27)25(19(28)29-15)7-6-24-17(26)12-9-11(22)4-5-14(12)23/h1-5,8-9H,6-7H2,(H,24,26). The van der Waals surface area contributed by atoms with Gasteiger partial charge in [0.15, 0.2) is 0 Å². The molecule has 1 heterocycles. The zero-order chi connectivity index (χ0) is 21.1. The van der Waals surface area contributed by atoms with E-state index in [1.165, 1.54) is 6.08 Å². The second kappa shape index (κ2) is 8.94. The van der Waals surface area contributed by atoms with E-state index >= 15 is 0 Å². The van der Waals surface area contributed by atoms with Crippen molar-refractivity contribution in [1.82, 2.24) is 10.2 Å². The largest absolute Gasteiger partial charge is 0.350 e. The Morgan fingerprint density at radius 1 is 1.17 bits per heavy atom. The predicted octanol–water partition coefficient (Wildman–Crippen LogP) is 4.74. The van der Waals surface area contributed by atoms with Crippen LogP contribution in [0.25, 0.3) is 6.08 Å². The van der Waals surface area contributed by atoms with Crippen LogP contribution in [0.3, 0.4) is 0 Å². The van der Waals surface area contributed by atoms with Gasteiger partial charge in [0.1, 0.15) is 11.6 Å². The van der Waals surface area contributed by atoms with Gasteiger partial charge in [-0.25, -0.2) is 8.78 Å². The number of halogens is 4. The second-order valence-corrected chi connectivity index (χ2v) is 7.63. The molecule has 1 aliphatic heterocycles. The van der Waals surface area contributed by atoms with Crippen LogP contribution in [-0.2, 0) is 4.79 Å².